The molecule has 1 fully saturated rings. The monoisotopic (exact) mass is 242 g/mol. The molecule has 0 aliphatic heterocycles. The van der Waals surface area contributed by atoms with Crippen molar-refractivity contribution in [1.29, 1.82) is 0 Å². The topological polar surface area (TPSA) is 55.5 Å². The molecule has 1 aromatic carbocycles. The van der Waals surface area contributed by atoms with E-state index >= 15 is 0 Å². The fourth-order valence-electron chi connectivity index (χ4n) is 2.84. The predicted molar refractivity (Wildman–Crippen MR) is 67.0 cm³/mol. The van der Waals surface area contributed by atoms with Gasteiger partial charge in [-0.25, -0.2) is 9.78 Å². The van der Waals surface area contributed by atoms with Crippen molar-refractivity contribution in [2.45, 2.75) is 38.1 Å². The number of aromatic nitrogens is 1. The number of aryl methyl sites for hydroxylation is 1. The van der Waals surface area contributed by atoms with Crippen molar-refractivity contribution >= 4 is 17.2 Å². The Hall–Kier alpha value is -1.93. The number of benzene rings is 1. The molecule has 0 atom stereocenters. The minimum absolute atomic E-state index is 0.392. The van der Waals surface area contributed by atoms with Gasteiger partial charge >= 0.3 is 0 Å². The van der Waals surface area contributed by atoms with Crippen LogP contribution in [0.15, 0.2) is 27.6 Å². The highest BCUT2D eigenvalue weighted by atomic mass is 16.3. The zero-order chi connectivity index (χ0) is 12.6. The number of fused-ring (bicyclic) bond motifs is 1. The molecule has 0 amide bonds. The van der Waals surface area contributed by atoms with Gasteiger partial charge in [-0.05, 0) is 30.5 Å². The minimum atomic E-state index is -0.392. The summed E-state index contributed by atoms with van der Waals surface area (Å²) < 4.78 is 5.54. The summed E-state index contributed by atoms with van der Waals surface area (Å²) in [5, 5.41) is 0. The van der Waals surface area contributed by atoms with Gasteiger partial charge in [-0.15, -0.1) is 0 Å². The van der Waals surface area contributed by atoms with E-state index in [4.69, 9.17) is 4.42 Å². The Morgan fingerprint density at radius 2 is 2.17 bits per heavy atom. The standard InChI is InChI=1S/C14H14N2O2/c1-10-16-12-5-4-11(8-13(12)18-10)14(15-9-17)6-2-3-7-14/h4-5,8H,2-3,6-7H2,1H3. The molecule has 0 unspecified atom stereocenters. The molecule has 4 nitrogen and oxygen atoms in total. The van der Waals surface area contributed by atoms with Crippen molar-refractivity contribution in [2.75, 3.05) is 0 Å². The predicted octanol–water partition coefficient (Wildman–Crippen LogP) is 3.24. The second kappa shape index (κ2) is 4.07. The molecule has 0 saturated heterocycles. The molecule has 1 aliphatic carbocycles. The van der Waals surface area contributed by atoms with Gasteiger partial charge in [-0.1, -0.05) is 18.9 Å². The van der Waals surface area contributed by atoms with E-state index in [1.54, 1.807) is 6.08 Å². The molecular formula is C14H14N2O2. The Morgan fingerprint density at radius 1 is 1.39 bits per heavy atom. The van der Waals surface area contributed by atoms with Crippen molar-refractivity contribution < 1.29 is 9.21 Å². The van der Waals surface area contributed by atoms with Crippen molar-refractivity contribution in [3.8, 4) is 0 Å². The molecule has 1 heterocycles. The van der Waals surface area contributed by atoms with E-state index in [0.29, 0.717) is 5.89 Å². The average molecular weight is 242 g/mol. The summed E-state index contributed by atoms with van der Waals surface area (Å²) in [7, 11) is 0. The van der Waals surface area contributed by atoms with Crippen LogP contribution in [0.5, 0.6) is 0 Å². The molecule has 1 aromatic heterocycles. The first-order valence-electron chi connectivity index (χ1n) is 6.20. The lowest BCUT2D eigenvalue weighted by atomic mass is 9.89. The third-order valence-electron chi connectivity index (χ3n) is 3.72. The van der Waals surface area contributed by atoms with Crippen LogP contribution < -0.4 is 0 Å². The van der Waals surface area contributed by atoms with Gasteiger partial charge in [0.1, 0.15) is 5.52 Å². The first-order valence-corrected chi connectivity index (χ1v) is 6.20. The van der Waals surface area contributed by atoms with Gasteiger partial charge in [0.25, 0.3) is 0 Å². The Kier molecular flexibility index (Phi) is 2.53. The van der Waals surface area contributed by atoms with Gasteiger partial charge < -0.3 is 4.42 Å². The molecule has 0 bridgehead atoms. The normalized spacial score (nSPS) is 17.8. The van der Waals surface area contributed by atoms with E-state index in [-0.39, 0.29) is 0 Å². The number of rotatable bonds is 2. The summed E-state index contributed by atoms with van der Waals surface area (Å²) >= 11 is 0. The van der Waals surface area contributed by atoms with Crippen LogP contribution in [0.2, 0.25) is 0 Å². The summed E-state index contributed by atoms with van der Waals surface area (Å²) in [5.41, 5.74) is 2.25. The van der Waals surface area contributed by atoms with Gasteiger partial charge in [0.15, 0.2) is 11.5 Å². The molecule has 0 spiro atoms. The first kappa shape index (κ1) is 11.2. The molecule has 4 heteroatoms. The molecular weight excluding hydrogens is 228 g/mol. The quantitative estimate of drug-likeness (QED) is 0.600. The summed E-state index contributed by atoms with van der Waals surface area (Å²) in [4.78, 5) is 19.0. The second-order valence-corrected chi connectivity index (χ2v) is 4.86. The smallest absolute Gasteiger partial charge is 0.235 e. The fraction of sp³-hybridized carbons (Fsp3) is 0.429. The number of nitrogens with zero attached hydrogens (tertiary/aromatic N) is 2. The number of aliphatic imine (C=N–C) groups is 1. The van der Waals surface area contributed by atoms with Crippen LogP contribution in [-0.4, -0.2) is 11.1 Å². The van der Waals surface area contributed by atoms with Crippen molar-refractivity contribution in [3.05, 3.63) is 29.7 Å². The molecule has 1 aliphatic rings. The van der Waals surface area contributed by atoms with Crippen LogP contribution in [0.4, 0.5) is 0 Å². The molecule has 2 aromatic rings. The SMILES string of the molecule is Cc1nc2ccc(C3(N=C=O)CCCC3)cc2o1. The second-order valence-electron chi connectivity index (χ2n) is 4.86. The van der Waals surface area contributed by atoms with Gasteiger partial charge in [0.2, 0.25) is 6.08 Å². The lowest BCUT2D eigenvalue weighted by Crippen LogP contribution is -2.18. The molecule has 0 N–H and O–H groups in total. The van der Waals surface area contributed by atoms with E-state index in [0.717, 1.165) is 42.3 Å². The van der Waals surface area contributed by atoms with Crippen molar-refractivity contribution in [3.63, 3.8) is 0 Å². The first-order chi connectivity index (χ1) is 8.73. The number of hydrogen-bond acceptors (Lipinski definition) is 4. The Labute approximate surface area is 105 Å². The molecule has 3 rings (SSSR count). The minimum Gasteiger partial charge on any atom is -0.441 e. The number of hydrogen-bond donors (Lipinski definition) is 0. The summed E-state index contributed by atoms with van der Waals surface area (Å²) in [5.74, 6) is 0.654. The van der Waals surface area contributed by atoms with Crippen LogP contribution in [0.25, 0.3) is 11.1 Å². The van der Waals surface area contributed by atoms with Gasteiger partial charge in [-0.2, -0.15) is 4.99 Å². The zero-order valence-corrected chi connectivity index (χ0v) is 10.3. The summed E-state index contributed by atoms with van der Waals surface area (Å²) in [6, 6.07) is 5.89. The number of isocyanates is 1. The molecule has 0 radical (unpaired) electrons. The maximum absolute atomic E-state index is 10.7. The van der Waals surface area contributed by atoms with Gasteiger partial charge in [0.05, 0.1) is 5.54 Å². The third kappa shape index (κ3) is 1.66. The molecule has 18 heavy (non-hydrogen) atoms. The third-order valence-corrected chi connectivity index (χ3v) is 3.72. The van der Waals surface area contributed by atoms with E-state index in [2.05, 4.69) is 9.98 Å². The fourth-order valence-corrected chi connectivity index (χ4v) is 2.84. The van der Waals surface area contributed by atoms with E-state index < -0.39 is 5.54 Å². The van der Waals surface area contributed by atoms with Crippen molar-refractivity contribution in [1.82, 2.24) is 4.98 Å². The largest absolute Gasteiger partial charge is 0.441 e. The highest BCUT2D eigenvalue weighted by Crippen LogP contribution is 2.42. The summed E-state index contributed by atoms with van der Waals surface area (Å²) in [6.45, 7) is 1.83. The van der Waals surface area contributed by atoms with Gasteiger partial charge in [-0.3, -0.25) is 0 Å². The Bertz CT molecular complexity index is 632. The van der Waals surface area contributed by atoms with E-state index in [1.807, 2.05) is 25.1 Å². The van der Waals surface area contributed by atoms with Crippen LogP contribution in [0.1, 0.15) is 37.1 Å². The maximum Gasteiger partial charge on any atom is 0.235 e. The average Bonchev–Trinajstić information content (AvgIpc) is 2.94. The van der Waals surface area contributed by atoms with Crippen LogP contribution in [0.3, 0.4) is 0 Å². The van der Waals surface area contributed by atoms with E-state index in [1.165, 1.54) is 0 Å². The highest BCUT2D eigenvalue weighted by Gasteiger charge is 2.35. The maximum atomic E-state index is 10.7. The lowest BCUT2D eigenvalue weighted by Gasteiger charge is -2.22. The highest BCUT2D eigenvalue weighted by molar-refractivity contribution is 5.73. The lowest BCUT2D eigenvalue weighted by molar-refractivity contribution is 0.455. The van der Waals surface area contributed by atoms with Crippen LogP contribution in [0, 0.1) is 6.92 Å². The van der Waals surface area contributed by atoms with Crippen LogP contribution >= 0.6 is 0 Å². The van der Waals surface area contributed by atoms with Crippen LogP contribution in [-0.2, 0) is 10.3 Å². The Balaban J connectivity index is 2.14. The number of carbonyl (C=O) groups excluding carboxylic acids is 1. The van der Waals surface area contributed by atoms with E-state index in [9.17, 15) is 4.79 Å². The molecule has 92 valence electrons. The number of oxazole rings is 1. The van der Waals surface area contributed by atoms with Crippen molar-refractivity contribution in [2.24, 2.45) is 4.99 Å². The van der Waals surface area contributed by atoms with Gasteiger partial charge in [0, 0.05) is 6.92 Å². The molecule has 1 saturated carbocycles. The summed E-state index contributed by atoms with van der Waals surface area (Å²) in [6.07, 6.45) is 5.73. The zero-order valence-electron chi connectivity index (χ0n) is 10.3. The Morgan fingerprint density at radius 3 is 2.89 bits per heavy atom.